The number of benzene rings is 2. The van der Waals surface area contributed by atoms with Crippen LogP contribution in [0.3, 0.4) is 0 Å². The molecule has 8 nitrogen and oxygen atoms in total. The third-order valence-corrected chi connectivity index (χ3v) is 7.20. The Kier molecular flexibility index (Phi) is 5.05. The van der Waals surface area contributed by atoms with Gasteiger partial charge in [-0.15, -0.1) is 0 Å². The number of rotatable bonds is 6. The molecule has 2 fully saturated rings. The van der Waals surface area contributed by atoms with Crippen molar-refractivity contribution in [1.29, 1.82) is 0 Å². The lowest BCUT2D eigenvalue weighted by molar-refractivity contribution is -0.142. The number of nitrogens with one attached hydrogen (secondary N) is 2. The third-order valence-electron chi connectivity index (χ3n) is 7.20. The number of hydrogen-bond acceptors (Lipinski definition) is 5. The van der Waals surface area contributed by atoms with Crippen LogP contribution < -0.4 is 16.4 Å². The highest BCUT2D eigenvalue weighted by atomic mass is 16.2. The predicted molar refractivity (Wildman–Crippen MR) is 121 cm³/mol. The molecule has 5 rings (SSSR count). The van der Waals surface area contributed by atoms with Gasteiger partial charge in [0.25, 0.3) is 0 Å². The van der Waals surface area contributed by atoms with Crippen LogP contribution in [0.1, 0.15) is 30.0 Å². The number of hydrogen-bond donors (Lipinski definition) is 3. The number of likely N-dealkylation sites (tertiary alicyclic amines) is 1. The van der Waals surface area contributed by atoms with Gasteiger partial charge in [-0.1, -0.05) is 55.5 Å². The molecule has 2 aromatic carbocycles. The second kappa shape index (κ2) is 7.81. The van der Waals surface area contributed by atoms with Gasteiger partial charge in [-0.05, 0) is 24.0 Å². The van der Waals surface area contributed by atoms with Crippen LogP contribution >= 0.6 is 0 Å². The molecule has 8 heteroatoms. The van der Waals surface area contributed by atoms with Crippen molar-refractivity contribution in [2.24, 2.45) is 17.6 Å². The number of fused-ring (bicyclic) bond motifs is 4. The number of anilines is 1. The number of imide groups is 1. The Balaban J connectivity index is 1.56. The molecule has 0 aromatic heterocycles. The Morgan fingerprint density at radius 3 is 2.52 bits per heavy atom. The van der Waals surface area contributed by atoms with Crippen molar-refractivity contribution in [3.63, 3.8) is 0 Å². The standard InChI is InChI=1S/C25H26N4O4/c1-2-15-9-6-10-16-21(15)27-24(33)25(16)20-19(17(28-25)13-18(26)30)22(31)29(23(20)32)12-11-14-7-4-3-5-8-14/h3-10,17,19-20,28H,2,11-13H2,1H3,(H2,26,30)(H,27,33)/t17-,19+,20-,25+/m0/s1. The molecule has 1 spiro atoms. The molecule has 4 N–H and O–H groups in total. The van der Waals surface area contributed by atoms with Crippen LogP contribution in [0.25, 0.3) is 0 Å². The van der Waals surface area contributed by atoms with Crippen molar-refractivity contribution in [2.75, 3.05) is 11.9 Å². The largest absolute Gasteiger partial charge is 0.370 e. The fraction of sp³-hybridized carbons (Fsp3) is 0.360. The second-order valence-corrected chi connectivity index (χ2v) is 8.94. The number of carbonyl (C=O) groups is 4. The topological polar surface area (TPSA) is 122 Å². The maximum atomic E-state index is 13.7. The van der Waals surface area contributed by atoms with E-state index in [0.717, 1.165) is 11.1 Å². The average Bonchev–Trinajstić information content (AvgIpc) is 3.37. The molecule has 3 aliphatic rings. The molecule has 0 aliphatic carbocycles. The van der Waals surface area contributed by atoms with Gasteiger partial charge in [0.15, 0.2) is 0 Å². The van der Waals surface area contributed by atoms with Gasteiger partial charge in [-0.25, -0.2) is 0 Å². The average molecular weight is 447 g/mol. The Labute approximate surface area is 191 Å². The highest BCUT2D eigenvalue weighted by Gasteiger charge is 2.70. The van der Waals surface area contributed by atoms with E-state index in [1.807, 2.05) is 55.5 Å². The summed E-state index contributed by atoms with van der Waals surface area (Å²) in [4.78, 5) is 53.7. The van der Waals surface area contributed by atoms with E-state index in [4.69, 9.17) is 5.73 Å². The van der Waals surface area contributed by atoms with Crippen molar-refractivity contribution < 1.29 is 19.2 Å². The minimum absolute atomic E-state index is 0.134. The summed E-state index contributed by atoms with van der Waals surface area (Å²) in [6.07, 6.45) is 1.08. The molecule has 0 saturated carbocycles. The van der Waals surface area contributed by atoms with E-state index in [1.165, 1.54) is 4.90 Å². The number of carbonyl (C=O) groups excluding carboxylic acids is 4. The summed E-state index contributed by atoms with van der Waals surface area (Å²) in [5.74, 6) is -3.46. The highest BCUT2D eigenvalue weighted by molar-refractivity contribution is 6.15. The molecule has 33 heavy (non-hydrogen) atoms. The molecule has 0 unspecified atom stereocenters. The van der Waals surface area contributed by atoms with Crippen LogP contribution in [-0.4, -0.2) is 41.1 Å². The molecular formula is C25H26N4O4. The van der Waals surface area contributed by atoms with E-state index in [2.05, 4.69) is 10.6 Å². The Hall–Kier alpha value is -3.52. The third kappa shape index (κ3) is 3.08. The summed E-state index contributed by atoms with van der Waals surface area (Å²) in [7, 11) is 0. The Morgan fingerprint density at radius 1 is 1.06 bits per heavy atom. The Bertz CT molecular complexity index is 1160. The van der Waals surface area contributed by atoms with E-state index in [9.17, 15) is 19.2 Å². The summed E-state index contributed by atoms with van der Waals surface area (Å²) in [5.41, 5.74) is 7.36. The molecule has 2 aromatic rings. The number of nitrogens with zero attached hydrogens (tertiary/aromatic N) is 1. The molecule has 4 atom stereocenters. The molecule has 0 radical (unpaired) electrons. The fourth-order valence-corrected chi connectivity index (χ4v) is 5.74. The fourth-order valence-electron chi connectivity index (χ4n) is 5.74. The predicted octanol–water partition coefficient (Wildman–Crippen LogP) is 1.09. The van der Waals surface area contributed by atoms with E-state index < -0.39 is 29.3 Å². The summed E-state index contributed by atoms with van der Waals surface area (Å²) >= 11 is 0. The molecule has 170 valence electrons. The van der Waals surface area contributed by atoms with Crippen molar-refractivity contribution in [1.82, 2.24) is 10.2 Å². The van der Waals surface area contributed by atoms with Crippen molar-refractivity contribution in [3.8, 4) is 0 Å². The van der Waals surface area contributed by atoms with Crippen molar-refractivity contribution in [2.45, 2.75) is 37.8 Å². The molecule has 2 saturated heterocycles. The van der Waals surface area contributed by atoms with Crippen LogP contribution in [0.2, 0.25) is 0 Å². The first-order chi connectivity index (χ1) is 15.9. The second-order valence-electron chi connectivity index (χ2n) is 8.94. The summed E-state index contributed by atoms with van der Waals surface area (Å²) in [5, 5.41) is 6.18. The van der Waals surface area contributed by atoms with Crippen LogP contribution in [0.15, 0.2) is 48.5 Å². The molecule has 3 aliphatic heterocycles. The molecular weight excluding hydrogens is 420 g/mol. The number of para-hydroxylation sites is 1. The van der Waals surface area contributed by atoms with E-state index in [-0.39, 0.29) is 30.7 Å². The first-order valence-electron chi connectivity index (χ1n) is 11.3. The minimum Gasteiger partial charge on any atom is -0.370 e. The number of aryl methyl sites for hydroxylation is 1. The summed E-state index contributed by atoms with van der Waals surface area (Å²) in [6.45, 7) is 2.21. The highest BCUT2D eigenvalue weighted by Crippen LogP contribution is 2.53. The van der Waals surface area contributed by atoms with Gasteiger partial charge in [0.2, 0.25) is 23.6 Å². The van der Waals surface area contributed by atoms with Gasteiger partial charge in [0.05, 0.1) is 11.8 Å². The monoisotopic (exact) mass is 446 g/mol. The number of primary amides is 1. The van der Waals surface area contributed by atoms with Crippen LogP contribution in [0.4, 0.5) is 5.69 Å². The van der Waals surface area contributed by atoms with Gasteiger partial charge in [0, 0.05) is 30.3 Å². The van der Waals surface area contributed by atoms with Crippen LogP contribution in [0, 0.1) is 11.8 Å². The van der Waals surface area contributed by atoms with Gasteiger partial charge >= 0.3 is 0 Å². The molecule has 4 amide bonds. The zero-order chi connectivity index (χ0) is 23.3. The van der Waals surface area contributed by atoms with Crippen molar-refractivity contribution >= 4 is 29.3 Å². The van der Waals surface area contributed by atoms with E-state index >= 15 is 0 Å². The zero-order valence-corrected chi connectivity index (χ0v) is 18.3. The maximum Gasteiger partial charge on any atom is 0.250 e. The Morgan fingerprint density at radius 2 is 1.82 bits per heavy atom. The minimum atomic E-state index is -1.40. The van der Waals surface area contributed by atoms with E-state index in [0.29, 0.717) is 24.1 Å². The van der Waals surface area contributed by atoms with Gasteiger partial charge in [-0.3, -0.25) is 29.4 Å². The molecule has 0 bridgehead atoms. The number of nitrogens with two attached hydrogens (primary N) is 1. The lowest BCUT2D eigenvalue weighted by Crippen LogP contribution is -2.53. The maximum absolute atomic E-state index is 13.7. The zero-order valence-electron chi connectivity index (χ0n) is 18.3. The number of amides is 4. The first-order valence-corrected chi connectivity index (χ1v) is 11.3. The lowest BCUT2D eigenvalue weighted by atomic mass is 9.76. The SMILES string of the molecule is CCc1cccc2c1NC(=O)[C@@]21N[C@@H](CC(N)=O)[C@H]2C(=O)N(CCc3ccccc3)C(=O)[C@H]21. The quantitative estimate of drug-likeness (QED) is 0.574. The van der Waals surface area contributed by atoms with Crippen LogP contribution in [-0.2, 0) is 37.6 Å². The first kappa shape index (κ1) is 21.3. The van der Waals surface area contributed by atoms with Crippen molar-refractivity contribution in [3.05, 3.63) is 65.2 Å². The van der Waals surface area contributed by atoms with Gasteiger partial charge < -0.3 is 11.1 Å². The normalized spacial score (nSPS) is 27.7. The van der Waals surface area contributed by atoms with Gasteiger partial charge in [-0.2, -0.15) is 0 Å². The molecule has 3 heterocycles. The van der Waals surface area contributed by atoms with Gasteiger partial charge in [0.1, 0.15) is 5.54 Å². The summed E-state index contributed by atoms with van der Waals surface area (Å²) < 4.78 is 0. The lowest BCUT2D eigenvalue weighted by Gasteiger charge is -2.29. The van der Waals surface area contributed by atoms with E-state index in [1.54, 1.807) is 0 Å². The van der Waals surface area contributed by atoms with Crippen LogP contribution in [0.5, 0.6) is 0 Å². The smallest absolute Gasteiger partial charge is 0.250 e. The summed E-state index contributed by atoms with van der Waals surface area (Å²) in [6, 6.07) is 14.5.